The molecule has 0 saturated carbocycles. The molecule has 0 unspecified atom stereocenters. The SMILES string of the molecule is CCn1c(SCC(=O)Nc2c(C#N)c(C)c(C)n2C[C@@H]2CCCO2)nnc1-c1cccs1. The van der Waals surface area contributed by atoms with Crippen molar-refractivity contribution in [2.24, 2.45) is 0 Å². The molecule has 32 heavy (non-hydrogen) atoms. The monoisotopic (exact) mass is 470 g/mol. The Morgan fingerprint density at radius 1 is 1.41 bits per heavy atom. The van der Waals surface area contributed by atoms with Crippen molar-refractivity contribution in [2.75, 3.05) is 17.7 Å². The number of aromatic nitrogens is 4. The Hall–Kier alpha value is -2.61. The highest BCUT2D eigenvalue weighted by Crippen LogP contribution is 2.30. The van der Waals surface area contributed by atoms with E-state index in [0.717, 1.165) is 41.4 Å². The summed E-state index contributed by atoms with van der Waals surface area (Å²) in [7, 11) is 0. The van der Waals surface area contributed by atoms with Gasteiger partial charge in [-0.15, -0.1) is 21.5 Å². The number of nitrogens with zero attached hydrogens (tertiary/aromatic N) is 5. The summed E-state index contributed by atoms with van der Waals surface area (Å²) in [5, 5.41) is 24.0. The number of hydrogen-bond donors (Lipinski definition) is 1. The molecule has 1 aliphatic rings. The summed E-state index contributed by atoms with van der Waals surface area (Å²) < 4.78 is 9.80. The molecule has 0 aromatic carbocycles. The number of nitrogens with one attached hydrogen (secondary N) is 1. The molecule has 10 heteroatoms. The van der Waals surface area contributed by atoms with Gasteiger partial charge < -0.3 is 19.2 Å². The van der Waals surface area contributed by atoms with Gasteiger partial charge in [-0.05, 0) is 50.6 Å². The van der Waals surface area contributed by atoms with Crippen LogP contribution in [0.25, 0.3) is 10.7 Å². The summed E-state index contributed by atoms with van der Waals surface area (Å²) in [4.78, 5) is 13.9. The highest BCUT2D eigenvalue weighted by Gasteiger charge is 2.24. The van der Waals surface area contributed by atoms with E-state index in [4.69, 9.17) is 4.74 Å². The van der Waals surface area contributed by atoms with Crippen LogP contribution >= 0.6 is 23.1 Å². The van der Waals surface area contributed by atoms with Crippen molar-refractivity contribution in [3.05, 3.63) is 34.3 Å². The van der Waals surface area contributed by atoms with Crippen molar-refractivity contribution < 1.29 is 9.53 Å². The van der Waals surface area contributed by atoms with Crippen molar-refractivity contribution in [3.8, 4) is 16.8 Å². The number of carbonyl (C=O) groups excluding carboxylic acids is 1. The Balaban J connectivity index is 1.49. The first-order valence-electron chi connectivity index (χ1n) is 10.6. The molecule has 1 aliphatic heterocycles. The topological polar surface area (TPSA) is 97.8 Å². The van der Waals surface area contributed by atoms with E-state index in [1.807, 2.05) is 47.4 Å². The van der Waals surface area contributed by atoms with Gasteiger partial charge in [0.2, 0.25) is 5.91 Å². The number of ether oxygens (including phenoxy) is 1. The van der Waals surface area contributed by atoms with Crippen LogP contribution in [0.15, 0.2) is 22.7 Å². The van der Waals surface area contributed by atoms with E-state index in [2.05, 4.69) is 21.6 Å². The predicted molar refractivity (Wildman–Crippen MR) is 126 cm³/mol. The Bertz CT molecular complexity index is 1140. The van der Waals surface area contributed by atoms with Crippen LogP contribution in [-0.2, 0) is 22.6 Å². The van der Waals surface area contributed by atoms with Gasteiger partial charge in [-0.25, -0.2) is 0 Å². The molecule has 168 valence electrons. The third kappa shape index (κ3) is 4.46. The molecule has 4 heterocycles. The van der Waals surface area contributed by atoms with Crippen molar-refractivity contribution in [1.29, 1.82) is 5.26 Å². The molecule has 3 aromatic heterocycles. The predicted octanol–water partition coefficient (Wildman–Crippen LogP) is 4.23. The number of hydrogen-bond acceptors (Lipinski definition) is 7. The molecular weight excluding hydrogens is 444 g/mol. The van der Waals surface area contributed by atoms with Crippen LogP contribution in [0, 0.1) is 25.2 Å². The minimum atomic E-state index is -0.180. The molecule has 1 saturated heterocycles. The summed E-state index contributed by atoms with van der Waals surface area (Å²) in [6.07, 6.45) is 2.14. The zero-order valence-corrected chi connectivity index (χ0v) is 20.1. The van der Waals surface area contributed by atoms with Gasteiger partial charge in [0.1, 0.15) is 11.9 Å². The second-order valence-electron chi connectivity index (χ2n) is 7.66. The zero-order valence-electron chi connectivity index (χ0n) is 18.4. The fourth-order valence-corrected chi connectivity index (χ4v) is 5.44. The van der Waals surface area contributed by atoms with E-state index in [-0.39, 0.29) is 17.8 Å². The van der Waals surface area contributed by atoms with Crippen molar-refractivity contribution in [3.63, 3.8) is 0 Å². The van der Waals surface area contributed by atoms with E-state index < -0.39 is 0 Å². The lowest BCUT2D eigenvalue weighted by molar-refractivity contribution is -0.113. The number of thiophene rings is 1. The molecule has 0 radical (unpaired) electrons. The van der Waals surface area contributed by atoms with E-state index in [9.17, 15) is 10.1 Å². The van der Waals surface area contributed by atoms with Gasteiger partial charge in [0, 0.05) is 18.8 Å². The average molecular weight is 471 g/mol. The normalized spacial score (nSPS) is 15.8. The lowest BCUT2D eigenvalue weighted by Crippen LogP contribution is -2.22. The zero-order chi connectivity index (χ0) is 22.7. The molecule has 1 atom stereocenters. The number of anilines is 1. The van der Waals surface area contributed by atoms with Gasteiger partial charge in [-0.3, -0.25) is 4.79 Å². The summed E-state index contributed by atoms with van der Waals surface area (Å²) in [5.74, 6) is 1.37. The van der Waals surface area contributed by atoms with Gasteiger partial charge in [0.15, 0.2) is 11.0 Å². The fraction of sp³-hybridized carbons (Fsp3) is 0.455. The van der Waals surface area contributed by atoms with Crippen LogP contribution in [0.1, 0.15) is 36.6 Å². The largest absolute Gasteiger partial charge is 0.376 e. The van der Waals surface area contributed by atoms with Gasteiger partial charge in [-0.1, -0.05) is 17.8 Å². The van der Waals surface area contributed by atoms with Crippen LogP contribution in [0.2, 0.25) is 0 Å². The number of nitriles is 1. The minimum absolute atomic E-state index is 0.107. The average Bonchev–Trinajstić information content (AvgIpc) is 3.58. The molecule has 8 nitrogen and oxygen atoms in total. The third-order valence-electron chi connectivity index (χ3n) is 5.72. The van der Waals surface area contributed by atoms with Crippen LogP contribution < -0.4 is 5.32 Å². The summed E-state index contributed by atoms with van der Waals surface area (Å²) in [6, 6.07) is 6.25. The van der Waals surface area contributed by atoms with Gasteiger partial charge in [0.25, 0.3) is 0 Å². The van der Waals surface area contributed by atoms with E-state index >= 15 is 0 Å². The lowest BCUT2D eigenvalue weighted by atomic mass is 10.2. The maximum atomic E-state index is 12.9. The second-order valence-corrected chi connectivity index (χ2v) is 9.55. The summed E-state index contributed by atoms with van der Waals surface area (Å²) >= 11 is 2.96. The molecule has 4 rings (SSSR count). The maximum Gasteiger partial charge on any atom is 0.235 e. The first-order chi connectivity index (χ1) is 15.5. The Labute approximate surface area is 195 Å². The first kappa shape index (κ1) is 22.6. The Kier molecular flexibility index (Phi) is 6.98. The van der Waals surface area contributed by atoms with Gasteiger partial charge in [0.05, 0.1) is 28.8 Å². The van der Waals surface area contributed by atoms with E-state index in [1.54, 1.807) is 11.3 Å². The minimum Gasteiger partial charge on any atom is -0.376 e. The Morgan fingerprint density at radius 3 is 2.91 bits per heavy atom. The molecule has 0 spiro atoms. The molecule has 1 fully saturated rings. The summed E-state index contributed by atoms with van der Waals surface area (Å²) in [6.45, 7) is 8.04. The first-order valence-corrected chi connectivity index (χ1v) is 12.5. The molecule has 0 aliphatic carbocycles. The number of thioether (sulfide) groups is 1. The van der Waals surface area contributed by atoms with Crippen LogP contribution in [-0.4, -0.2) is 43.7 Å². The fourth-order valence-electron chi connectivity index (χ4n) is 3.92. The highest BCUT2D eigenvalue weighted by atomic mass is 32.2. The number of amides is 1. The standard InChI is InChI=1S/C22H26N6O2S2/c1-4-27-21(18-8-6-10-31-18)25-26-22(27)32-13-19(29)24-20-17(11-23)14(2)15(3)28(20)12-16-7-5-9-30-16/h6,8,10,16H,4-5,7,9,12-13H2,1-3H3,(H,24,29)/t16-/m0/s1. The molecule has 3 aromatic rings. The maximum absolute atomic E-state index is 12.9. The highest BCUT2D eigenvalue weighted by molar-refractivity contribution is 7.99. The number of carbonyl (C=O) groups is 1. The third-order valence-corrected chi connectivity index (χ3v) is 7.55. The lowest BCUT2D eigenvalue weighted by Gasteiger charge is -2.16. The van der Waals surface area contributed by atoms with Gasteiger partial charge >= 0.3 is 0 Å². The number of rotatable bonds is 8. The molecule has 0 bridgehead atoms. The van der Waals surface area contributed by atoms with Crippen LogP contribution in [0.3, 0.4) is 0 Å². The molecule has 1 amide bonds. The quantitative estimate of drug-likeness (QED) is 0.495. The van der Waals surface area contributed by atoms with Crippen molar-refractivity contribution in [1.82, 2.24) is 19.3 Å². The Morgan fingerprint density at radius 2 is 2.25 bits per heavy atom. The second kappa shape index (κ2) is 9.90. The molecule has 1 N–H and O–H groups in total. The van der Waals surface area contributed by atoms with E-state index in [0.29, 0.717) is 29.6 Å². The van der Waals surface area contributed by atoms with Crippen LogP contribution in [0.5, 0.6) is 0 Å². The smallest absolute Gasteiger partial charge is 0.235 e. The van der Waals surface area contributed by atoms with Crippen molar-refractivity contribution in [2.45, 2.75) is 58.0 Å². The van der Waals surface area contributed by atoms with Gasteiger partial charge in [-0.2, -0.15) is 5.26 Å². The van der Waals surface area contributed by atoms with E-state index in [1.165, 1.54) is 11.8 Å². The van der Waals surface area contributed by atoms with Crippen molar-refractivity contribution >= 4 is 34.8 Å². The molecular formula is C22H26N6O2S2. The van der Waals surface area contributed by atoms with Crippen LogP contribution in [0.4, 0.5) is 5.82 Å². The summed E-state index contributed by atoms with van der Waals surface area (Å²) in [5.41, 5.74) is 2.38.